The Balaban J connectivity index is 1.90. The van der Waals surface area contributed by atoms with E-state index in [4.69, 9.17) is 0 Å². The van der Waals surface area contributed by atoms with Crippen molar-refractivity contribution in [3.05, 3.63) is 95.7 Å². The van der Waals surface area contributed by atoms with Gasteiger partial charge in [-0.1, -0.05) is 89.2 Å². The van der Waals surface area contributed by atoms with Crippen LogP contribution in [0.15, 0.2) is 84.6 Å². The van der Waals surface area contributed by atoms with Crippen LogP contribution in [-0.4, -0.2) is 0 Å². The number of hydrogen-bond donors (Lipinski definition) is 0. The summed E-state index contributed by atoms with van der Waals surface area (Å²) in [5.74, 6) is 0.553. The third-order valence-corrected chi connectivity index (χ3v) is 6.47. The Kier molecular flexibility index (Phi) is 4.14. The van der Waals surface area contributed by atoms with Crippen molar-refractivity contribution in [1.82, 2.24) is 0 Å². The summed E-state index contributed by atoms with van der Waals surface area (Å²) in [5.41, 5.74) is 6.58. The third kappa shape index (κ3) is 2.77. The lowest BCUT2D eigenvalue weighted by molar-refractivity contribution is 0.383. The second-order valence-electron chi connectivity index (χ2n) is 8.80. The van der Waals surface area contributed by atoms with Gasteiger partial charge in [0.2, 0.25) is 0 Å². The molecule has 0 saturated carbocycles. The van der Waals surface area contributed by atoms with Gasteiger partial charge >= 0.3 is 0 Å². The van der Waals surface area contributed by atoms with Gasteiger partial charge in [-0.05, 0) is 41.3 Å². The number of rotatable bonds is 2. The van der Waals surface area contributed by atoms with Crippen LogP contribution < -0.4 is 4.90 Å². The Bertz CT molecular complexity index is 908. The number of nitrogens with zero attached hydrogens (tertiary/aromatic N) is 1. The highest BCUT2D eigenvalue weighted by molar-refractivity contribution is 5.82. The molecule has 27 heavy (non-hydrogen) atoms. The molecule has 0 N–H and O–H groups in total. The molecule has 138 valence electrons. The fraction of sp³-hybridized carbons (Fsp3) is 0.308. The number of hydrogen-bond acceptors (Lipinski definition) is 1. The first-order valence-electron chi connectivity index (χ1n) is 9.92. The topological polar surface area (TPSA) is 3.24 Å². The molecule has 2 aliphatic rings. The second kappa shape index (κ2) is 6.27. The van der Waals surface area contributed by atoms with Crippen molar-refractivity contribution in [2.75, 3.05) is 4.90 Å². The lowest BCUT2D eigenvalue weighted by atomic mass is 9.73. The minimum atomic E-state index is -0.0129. The van der Waals surface area contributed by atoms with E-state index in [2.05, 4.69) is 118 Å². The molecule has 4 rings (SSSR count). The summed E-state index contributed by atoms with van der Waals surface area (Å²) in [6.45, 7) is 11.5. The van der Waals surface area contributed by atoms with Crippen molar-refractivity contribution < 1.29 is 0 Å². The van der Waals surface area contributed by atoms with E-state index in [1.807, 2.05) is 0 Å². The van der Waals surface area contributed by atoms with E-state index < -0.39 is 0 Å². The van der Waals surface area contributed by atoms with Gasteiger partial charge in [0.15, 0.2) is 0 Å². The summed E-state index contributed by atoms with van der Waals surface area (Å²) in [5, 5.41) is 0. The van der Waals surface area contributed by atoms with Gasteiger partial charge in [0, 0.05) is 16.5 Å². The molecule has 1 unspecified atom stereocenters. The molecule has 0 fully saturated rings. The van der Waals surface area contributed by atoms with Crippen LogP contribution in [0.4, 0.5) is 11.4 Å². The SMILES string of the molecule is CC(C)C1(C)C=CC=C(N2c3ccccc3C(C)(C)c3ccccc32)C=C1. The highest BCUT2D eigenvalue weighted by atomic mass is 15.2. The molecule has 1 nitrogen and oxygen atoms in total. The smallest absolute Gasteiger partial charge is 0.0502 e. The van der Waals surface area contributed by atoms with Gasteiger partial charge in [0.25, 0.3) is 0 Å². The zero-order valence-corrected chi connectivity index (χ0v) is 17.0. The molecular weight excluding hydrogens is 326 g/mol. The van der Waals surface area contributed by atoms with Gasteiger partial charge < -0.3 is 4.90 Å². The van der Waals surface area contributed by atoms with E-state index in [0.717, 1.165) is 0 Å². The van der Waals surface area contributed by atoms with Crippen LogP contribution in [0.3, 0.4) is 0 Å². The van der Waals surface area contributed by atoms with E-state index in [-0.39, 0.29) is 10.8 Å². The lowest BCUT2D eigenvalue weighted by Gasteiger charge is -2.42. The number of allylic oxidation sites excluding steroid dienone is 5. The van der Waals surface area contributed by atoms with Crippen molar-refractivity contribution in [1.29, 1.82) is 0 Å². The summed E-state index contributed by atoms with van der Waals surface area (Å²) in [7, 11) is 0. The molecular formula is C26H29N. The average Bonchev–Trinajstić information content (AvgIpc) is 2.85. The molecule has 2 aromatic carbocycles. The molecule has 1 heteroatoms. The summed E-state index contributed by atoms with van der Waals surface area (Å²) >= 11 is 0. The van der Waals surface area contributed by atoms with Crippen LogP contribution in [0.2, 0.25) is 0 Å². The van der Waals surface area contributed by atoms with Crippen molar-refractivity contribution in [2.24, 2.45) is 11.3 Å². The van der Waals surface area contributed by atoms with Crippen LogP contribution in [0.25, 0.3) is 0 Å². The maximum Gasteiger partial charge on any atom is 0.0502 e. The maximum atomic E-state index is 2.42. The number of para-hydroxylation sites is 2. The van der Waals surface area contributed by atoms with Gasteiger partial charge in [0.05, 0.1) is 11.4 Å². The molecule has 0 bridgehead atoms. The summed E-state index contributed by atoms with van der Waals surface area (Å²) in [6.07, 6.45) is 11.5. The van der Waals surface area contributed by atoms with Crippen LogP contribution in [0.5, 0.6) is 0 Å². The van der Waals surface area contributed by atoms with E-state index in [1.54, 1.807) is 0 Å². The van der Waals surface area contributed by atoms with Crippen molar-refractivity contribution in [3.63, 3.8) is 0 Å². The van der Waals surface area contributed by atoms with E-state index in [1.165, 1.54) is 28.2 Å². The molecule has 1 heterocycles. The van der Waals surface area contributed by atoms with Crippen molar-refractivity contribution in [3.8, 4) is 0 Å². The zero-order valence-electron chi connectivity index (χ0n) is 17.0. The fourth-order valence-corrected chi connectivity index (χ4v) is 4.21. The second-order valence-corrected chi connectivity index (χ2v) is 8.80. The molecule has 0 radical (unpaired) electrons. The standard InChI is InChI=1S/C26H29N/c1-19(2)26(5)17-10-11-20(16-18-26)27-23-14-8-6-12-21(23)25(3,4)22-13-7-9-15-24(22)27/h6-19H,1-5H3. The molecule has 2 aromatic rings. The quantitative estimate of drug-likeness (QED) is 0.553. The predicted octanol–water partition coefficient (Wildman–Crippen LogP) is 7.14. The van der Waals surface area contributed by atoms with Crippen molar-refractivity contribution >= 4 is 11.4 Å². The largest absolute Gasteiger partial charge is 0.310 e. The minimum absolute atomic E-state index is 0.0129. The summed E-state index contributed by atoms with van der Waals surface area (Å²) in [6, 6.07) is 17.6. The highest BCUT2D eigenvalue weighted by Gasteiger charge is 2.36. The van der Waals surface area contributed by atoms with Crippen LogP contribution in [0.1, 0.15) is 45.7 Å². The molecule has 1 aliphatic carbocycles. The predicted molar refractivity (Wildman–Crippen MR) is 116 cm³/mol. The first-order chi connectivity index (χ1) is 12.8. The highest BCUT2D eigenvalue weighted by Crippen LogP contribution is 2.50. The molecule has 1 atom stereocenters. The molecule has 0 aromatic heterocycles. The van der Waals surface area contributed by atoms with Gasteiger partial charge in [-0.3, -0.25) is 0 Å². The van der Waals surface area contributed by atoms with Gasteiger partial charge in [-0.25, -0.2) is 0 Å². The van der Waals surface area contributed by atoms with E-state index >= 15 is 0 Å². The van der Waals surface area contributed by atoms with Crippen LogP contribution in [-0.2, 0) is 5.41 Å². The Morgan fingerprint density at radius 1 is 0.778 bits per heavy atom. The molecule has 0 saturated heterocycles. The van der Waals surface area contributed by atoms with Gasteiger partial charge in [-0.15, -0.1) is 0 Å². The molecule has 1 aliphatic heterocycles. The van der Waals surface area contributed by atoms with Crippen LogP contribution in [0, 0.1) is 11.3 Å². The minimum Gasteiger partial charge on any atom is -0.310 e. The lowest BCUT2D eigenvalue weighted by Crippen LogP contribution is -2.32. The number of anilines is 2. The fourth-order valence-electron chi connectivity index (χ4n) is 4.21. The van der Waals surface area contributed by atoms with Gasteiger partial charge in [-0.2, -0.15) is 0 Å². The zero-order chi connectivity index (χ0) is 19.2. The summed E-state index contributed by atoms with van der Waals surface area (Å²) in [4.78, 5) is 2.42. The van der Waals surface area contributed by atoms with E-state index in [9.17, 15) is 0 Å². The Hall–Kier alpha value is -2.54. The van der Waals surface area contributed by atoms with E-state index in [0.29, 0.717) is 5.92 Å². The Morgan fingerprint density at radius 3 is 1.89 bits per heavy atom. The van der Waals surface area contributed by atoms with Crippen LogP contribution >= 0.6 is 0 Å². The maximum absolute atomic E-state index is 2.42. The average molecular weight is 356 g/mol. The molecule has 0 amide bonds. The Morgan fingerprint density at radius 2 is 1.33 bits per heavy atom. The van der Waals surface area contributed by atoms with Gasteiger partial charge in [0.1, 0.15) is 0 Å². The molecule has 0 spiro atoms. The first-order valence-corrected chi connectivity index (χ1v) is 9.92. The Labute approximate surface area is 163 Å². The first kappa shape index (κ1) is 17.9. The third-order valence-electron chi connectivity index (χ3n) is 6.47. The summed E-state index contributed by atoms with van der Waals surface area (Å²) < 4.78 is 0. The monoisotopic (exact) mass is 355 g/mol. The van der Waals surface area contributed by atoms with Crippen molar-refractivity contribution in [2.45, 2.75) is 40.0 Å². The number of benzene rings is 2. The number of fused-ring (bicyclic) bond motifs is 2. The normalized spacial score (nSPS) is 22.9.